The average Bonchev–Trinajstić information content (AvgIpc) is 3.07. The van der Waals surface area contributed by atoms with E-state index in [9.17, 15) is 14.4 Å². The van der Waals surface area contributed by atoms with Crippen LogP contribution in [0.2, 0.25) is 0 Å². The molecule has 3 rings (SSSR count). The molecule has 1 saturated carbocycles. The van der Waals surface area contributed by atoms with Gasteiger partial charge in [0.15, 0.2) is 0 Å². The van der Waals surface area contributed by atoms with Crippen LogP contribution in [0.5, 0.6) is 0 Å². The third-order valence-corrected chi connectivity index (χ3v) is 5.84. The predicted octanol–water partition coefficient (Wildman–Crippen LogP) is 3.12. The quantitative estimate of drug-likeness (QED) is 0.641. The van der Waals surface area contributed by atoms with Crippen molar-refractivity contribution in [3.63, 3.8) is 0 Å². The summed E-state index contributed by atoms with van der Waals surface area (Å²) < 4.78 is 3.83. The fourth-order valence-corrected chi connectivity index (χ4v) is 3.63. The zero-order valence-electron chi connectivity index (χ0n) is 14.1. The van der Waals surface area contributed by atoms with Gasteiger partial charge in [-0.15, -0.1) is 23.2 Å². The van der Waals surface area contributed by atoms with Crippen molar-refractivity contribution >= 4 is 52.4 Å². The monoisotopic (exact) mass is 384 g/mol. The number of nitrogens with one attached hydrogen (secondary N) is 1. The maximum absolute atomic E-state index is 13.0. The summed E-state index contributed by atoms with van der Waals surface area (Å²) in [6.45, 7) is 5.27. The third-order valence-electron chi connectivity index (χ3n) is 4.74. The molecule has 1 N–H and O–H groups in total. The number of esters is 1. The fourth-order valence-electron chi connectivity index (χ4n) is 2.93. The minimum atomic E-state index is -1.14. The predicted molar refractivity (Wildman–Crippen MR) is 95.1 cm³/mol. The standard InChI is InChI=1S/C17H18Cl2N2O4/c1-4-25-14(23)10-5-6-12-11(7-10)20-13(22)9(2)21(12)15(24)16(3)8-17(16,18)19/h5-7,9H,4,8H2,1-3H3,(H,20,22)/t9-,16-/m0/s1. The van der Waals surface area contributed by atoms with Crippen LogP contribution < -0.4 is 10.2 Å². The van der Waals surface area contributed by atoms with Crippen LogP contribution in [-0.2, 0) is 14.3 Å². The molecule has 1 aliphatic carbocycles. The fraction of sp³-hybridized carbons (Fsp3) is 0.471. The molecule has 1 heterocycles. The molecule has 1 aliphatic heterocycles. The lowest BCUT2D eigenvalue weighted by Gasteiger charge is -2.36. The Balaban J connectivity index is 2.00. The van der Waals surface area contributed by atoms with Gasteiger partial charge in [-0.2, -0.15) is 0 Å². The number of benzene rings is 1. The first-order valence-electron chi connectivity index (χ1n) is 7.96. The van der Waals surface area contributed by atoms with E-state index in [0.29, 0.717) is 23.4 Å². The van der Waals surface area contributed by atoms with E-state index in [0.717, 1.165) is 0 Å². The maximum Gasteiger partial charge on any atom is 0.338 e. The van der Waals surface area contributed by atoms with E-state index >= 15 is 0 Å². The number of ether oxygens (including phenoxy) is 1. The Morgan fingerprint density at radius 2 is 2.04 bits per heavy atom. The zero-order valence-corrected chi connectivity index (χ0v) is 15.6. The molecule has 134 valence electrons. The van der Waals surface area contributed by atoms with Crippen molar-refractivity contribution < 1.29 is 19.1 Å². The van der Waals surface area contributed by atoms with Gasteiger partial charge < -0.3 is 10.1 Å². The molecule has 0 spiro atoms. The van der Waals surface area contributed by atoms with Gasteiger partial charge in [0.1, 0.15) is 10.4 Å². The number of halogens is 2. The second kappa shape index (κ2) is 5.88. The Morgan fingerprint density at radius 1 is 1.40 bits per heavy atom. The normalized spacial score (nSPS) is 26.5. The molecular formula is C17H18Cl2N2O4. The summed E-state index contributed by atoms with van der Waals surface area (Å²) in [5.74, 6) is -1.16. The van der Waals surface area contributed by atoms with E-state index in [1.807, 2.05) is 0 Å². The van der Waals surface area contributed by atoms with E-state index in [1.165, 1.54) is 11.0 Å². The summed E-state index contributed by atoms with van der Waals surface area (Å²) in [6.07, 6.45) is 0.322. The molecule has 0 bridgehead atoms. The van der Waals surface area contributed by atoms with Crippen molar-refractivity contribution in [1.82, 2.24) is 0 Å². The van der Waals surface area contributed by atoms with Gasteiger partial charge in [0, 0.05) is 0 Å². The topological polar surface area (TPSA) is 75.7 Å². The van der Waals surface area contributed by atoms with Crippen molar-refractivity contribution in [2.24, 2.45) is 5.41 Å². The highest BCUT2D eigenvalue weighted by atomic mass is 35.5. The number of fused-ring (bicyclic) bond motifs is 1. The van der Waals surface area contributed by atoms with Crippen LogP contribution in [0, 0.1) is 5.41 Å². The number of carbonyl (C=O) groups excluding carboxylic acids is 3. The van der Waals surface area contributed by atoms with Crippen LogP contribution in [0.25, 0.3) is 0 Å². The number of hydrogen-bond donors (Lipinski definition) is 1. The van der Waals surface area contributed by atoms with Crippen molar-refractivity contribution in [2.75, 3.05) is 16.8 Å². The number of rotatable bonds is 3. The second-order valence-corrected chi connectivity index (χ2v) is 7.99. The van der Waals surface area contributed by atoms with Crippen LogP contribution >= 0.6 is 23.2 Å². The van der Waals surface area contributed by atoms with Gasteiger partial charge in [-0.1, -0.05) is 0 Å². The van der Waals surface area contributed by atoms with E-state index in [-0.39, 0.29) is 18.4 Å². The molecule has 1 fully saturated rings. The molecule has 1 aromatic rings. The summed E-state index contributed by atoms with van der Waals surface area (Å²) in [4.78, 5) is 38.6. The second-order valence-electron chi connectivity index (χ2n) is 6.51. The highest BCUT2D eigenvalue weighted by Crippen LogP contribution is 2.65. The molecule has 0 unspecified atom stereocenters. The number of hydrogen-bond acceptors (Lipinski definition) is 4. The van der Waals surface area contributed by atoms with Gasteiger partial charge in [0.05, 0.1) is 29.0 Å². The molecule has 0 radical (unpaired) electrons. The highest BCUT2D eigenvalue weighted by molar-refractivity contribution is 6.53. The molecule has 0 aromatic heterocycles. The van der Waals surface area contributed by atoms with E-state index in [4.69, 9.17) is 27.9 Å². The molecule has 2 amide bonds. The smallest absolute Gasteiger partial charge is 0.338 e. The Bertz CT molecular complexity index is 780. The molecule has 0 saturated heterocycles. The third kappa shape index (κ3) is 2.77. The molecule has 2 atom stereocenters. The Kier molecular flexibility index (Phi) is 4.24. The highest BCUT2D eigenvalue weighted by Gasteiger charge is 2.69. The molecule has 2 aliphatic rings. The number of nitrogens with zero attached hydrogens (tertiary/aromatic N) is 1. The molecule has 6 nitrogen and oxygen atoms in total. The molecular weight excluding hydrogens is 367 g/mol. The lowest BCUT2D eigenvalue weighted by atomic mass is 10.0. The Morgan fingerprint density at radius 3 is 2.60 bits per heavy atom. The van der Waals surface area contributed by atoms with E-state index < -0.39 is 21.8 Å². The first-order valence-corrected chi connectivity index (χ1v) is 8.71. The largest absolute Gasteiger partial charge is 0.462 e. The lowest BCUT2D eigenvalue weighted by molar-refractivity contribution is -0.126. The van der Waals surface area contributed by atoms with Crippen LogP contribution in [0.1, 0.15) is 37.6 Å². The maximum atomic E-state index is 13.0. The molecule has 25 heavy (non-hydrogen) atoms. The average molecular weight is 385 g/mol. The Labute approximate surface area is 155 Å². The number of alkyl halides is 2. The van der Waals surface area contributed by atoms with E-state index in [2.05, 4.69) is 5.32 Å². The lowest BCUT2D eigenvalue weighted by Crippen LogP contribution is -2.52. The van der Waals surface area contributed by atoms with E-state index in [1.54, 1.807) is 32.9 Å². The summed E-state index contributed by atoms with van der Waals surface area (Å²) >= 11 is 12.3. The van der Waals surface area contributed by atoms with Crippen LogP contribution in [0.3, 0.4) is 0 Å². The van der Waals surface area contributed by atoms with Crippen molar-refractivity contribution in [3.8, 4) is 0 Å². The first-order chi connectivity index (χ1) is 11.6. The Hall–Kier alpha value is -1.79. The number of anilines is 2. The summed E-state index contributed by atoms with van der Waals surface area (Å²) in [6, 6.07) is 3.97. The minimum Gasteiger partial charge on any atom is -0.462 e. The number of carbonyl (C=O) groups is 3. The SMILES string of the molecule is CCOC(=O)c1ccc2c(c1)NC(=O)[C@H](C)N2C(=O)[C@]1(C)CC1(Cl)Cl. The summed E-state index contributed by atoms with van der Waals surface area (Å²) in [5, 5.41) is 2.72. The molecule has 1 aromatic carbocycles. The molecule has 8 heteroatoms. The number of amides is 2. The van der Waals surface area contributed by atoms with Gasteiger partial charge in [-0.25, -0.2) is 4.79 Å². The van der Waals surface area contributed by atoms with Crippen LogP contribution in [-0.4, -0.2) is 34.8 Å². The minimum absolute atomic E-state index is 0.246. The van der Waals surface area contributed by atoms with Gasteiger partial charge in [-0.05, 0) is 45.4 Å². The van der Waals surface area contributed by atoms with Crippen molar-refractivity contribution in [3.05, 3.63) is 23.8 Å². The van der Waals surface area contributed by atoms with Crippen LogP contribution in [0.4, 0.5) is 11.4 Å². The summed E-state index contributed by atoms with van der Waals surface area (Å²) in [5.41, 5.74) is 0.229. The van der Waals surface area contributed by atoms with Crippen molar-refractivity contribution in [1.29, 1.82) is 0 Å². The van der Waals surface area contributed by atoms with Gasteiger partial charge >= 0.3 is 5.97 Å². The first kappa shape index (κ1) is 18.0. The van der Waals surface area contributed by atoms with Gasteiger partial charge in [0.25, 0.3) is 0 Å². The van der Waals surface area contributed by atoms with Crippen molar-refractivity contribution in [2.45, 2.75) is 37.6 Å². The summed E-state index contributed by atoms with van der Waals surface area (Å²) in [7, 11) is 0. The van der Waals surface area contributed by atoms with Gasteiger partial charge in [-0.3, -0.25) is 14.5 Å². The van der Waals surface area contributed by atoms with Crippen LogP contribution in [0.15, 0.2) is 18.2 Å². The van der Waals surface area contributed by atoms with Gasteiger partial charge in [0.2, 0.25) is 11.8 Å². The zero-order chi connectivity index (χ0) is 18.6.